The Balaban J connectivity index is 2.13. The van der Waals surface area contributed by atoms with E-state index in [1.807, 2.05) is 0 Å². The lowest BCUT2D eigenvalue weighted by Gasteiger charge is -2.10. The summed E-state index contributed by atoms with van der Waals surface area (Å²) >= 11 is 0. The van der Waals surface area contributed by atoms with E-state index in [0.717, 1.165) is 6.07 Å². The molecule has 0 saturated heterocycles. The van der Waals surface area contributed by atoms with Crippen LogP contribution in [0.5, 0.6) is 0 Å². The maximum atomic E-state index is 13.6. The van der Waals surface area contributed by atoms with Gasteiger partial charge in [0.2, 0.25) is 10.0 Å². The summed E-state index contributed by atoms with van der Waals surface area (Å²) in [5, 5.41) is 9.07. The van der Waals surface area contributed by atoms with Crippen LogP contribution in [0.4, 0.5) is 4.39 Å². The van der Waals surface area contributed by atoms with Gasteiger partial charge in [-0.3, -0.25) is 0 Å². The number of nitrogens with one attached hydrogen (secondary N) is 1. The van der Waals surface area contributed by atoms with E-state index in [-0.39, 0.29) is 22.6 Å². The molecule has 1 aromatic heterocycles. The smallest absolute Gasteiger partial charge is 0.240 e. The van der Waals surface area contributed by atoms with Crippen molar-refractivity contribution >= 4 is 10.0 Å². The van der Waals surface area contributed by atoms with Crippen LogP contribution in [0.25, 0.3) is 0 Å². The number of hydrogen-bond acceptors (Lipinski definition) is 4. The molecule has 114 valence electrons. The van der Waals surface area contributed by atoms with Gasteiger partial charge in [0.1, 0.15) is 5.82 Å². The fraction of sp³-hybridized carbons (Fsp3) is 0.308. The fourth-order valence-electron chi connectivity index (χ4n) is 1.89. The summed E-state index contributed by atoms with van der Waals surface area (Å²) in [4.78, 5) is 3.80. The molecule has 8 heteroatoms. The van der Waals surface area contributed by atoms with Crippen LogP contribution in [-0.2, 0) is 23.2 Å². The van der Waals surface area contributed by atoms with Crippen LogP contribution in [0.1, 0.15) is 11.1 Å². The van der Waals surface area contributed by atoms with E-state index in [4.69, 9.17) is 5.11 Å². The molecular weight excluding hydrogens is 297 g/mol. The maximum absolute atomic E-state index is 13.6. The largest absolute Gasteiger partial charge is 0.392 e. The number of nitrogens with zero attached hydrogens (tertiary/aromatic N) is 2. The SMILES string of the molecule is Cc1cc(S(=O)(=O)NCCn2ccnc2)cc(CO)c1F. The number of rotatable bonds is 6. The molecule has 2 aromatic rings. The third-order valence-corrected chi connectivity index (χ3v) is 4.45. The first-order valence-electron chi connectivity index (χ1n) is 6.29. The molecule has 6 nitrogen and oxygen atoms in total. The van der Waals surface area contributed by atoms with Gasteiger partial charge in [0.15, 0.2) is 0 Å². The number of hydrogen-bond donors (Lipinski definition) is 2. The Labute approximate surface area is 122 Å². The van der Waals surface area contributed by atoms with Crippen molar-refractivity contribution in [2.45, 2.75) is 25.0 Å². The van der Waals surface area contributed by atoms with Crippen LogP contribution >= 0.6 is 0 Å². The second-order valence-electron chi connectivity index (χ2n) is 4.57. The molecule has 0 amide bonds. The van der Waals surface area contributed by atoms with Gasteiger partial charge in [-0.15, -0.1) is 0 Å². The van der Waals surface area contributed by atoms with Crippen molar-refractivity contribution in [2.24, 2.45) is 0 Å². The number of imidazole rings is 1. The van der Waals surface area contributed by atoms with Crippen molar-refractivity contribution in [1.29, 1.82) is 0 Å². The summed E-state index contributed by atoms with van der Waals surface area (Å²) in [6.45, 7) is 1.53. The molecule has 0 aliphatic heterocycles. The number of aliphatic hydroxyl groups excluding tert-OH is 1. The Hall–Kier alpha value is -1.77. The van der Waals surface area contributed by atoms with E-state index in [0.29, 0.717) is 6.54 Å². The lowest BCUT2D eigenvalue weighted by Crippen LogP contribution is -2.27. The van der Waals surface area contributed by atoms with Gasteiger partial charge in [-0.2, -0.15) is 0 Å². The molecule has 2 rings (SSSR count). The molecule has 21 heavy (non-hydrogen) atoms. The van der Waals surface area contributed by atoms with Gasteiger partial charge in [-0.25, -0.2) is 22.5 Å². The van der Waals surface area contributed by atoms with Crippen molar-refractivity contribution in [3.05, 3.63) is 47.8 Å². The average molecular weight is 313 g/mol. The first-order valence-corrected chi connectivity index (χ1v) is 7.77. The monoisotopic (exact) mass is 313 g/mol. The Bertz CT molecular complexity index is 715. The minimum Gasteiger partial charge on any atom is -0.392 e. The molecule has 0 aliphatic carbocycles. The number of sulfonamides is 1. The second kappa shape index (κ2) is 6.33. The van der Waals surface area contributed by atoms with Gasteiger partial charge in [0.25, 0.3) is 0 Å². The molecular formula is C13H16FN3O3S. The lowest BCUT2D eigenvalue weighted by molar-refractivity contribution is 0.275. The van der Waals surface area contributed by atoms with E-state index in [1.165, 1.54) is 13.0 Å². The predicted molar refractivity (Wildman–Crippen MR) is 74.5 cm³/mol. The molecule has 0 aliphatic rings. The minimum atomic E-state index is -3.75. The van der Waals surface area contributed by atoms with E-state index in [2.05, 4.69) is 9.71 Å². The molecule has 1 aromatic carbocycles. The molecule has 1 heterocycles. The highest BCUT2D eigenvalue weighted by molar-refractivity contribution is 7.89. The third kappa shape index (κ3) is 3.66. The highest BCUT2D eigenvalue weighted by Crippen LogP contribution is 2.19. The Kier molecular flexibility index (Phi) is 4.71. The van der Waals surface area contributed by atoms with Gasteiger partial charge in [-0.05, 0) is 24.6 Å². The average Bonchev–Trinajstić information content (AvgIpc) is 2.94. The Morgan fingerprint density at radius 1 is 1.43 bits per heavy atom. The van der Waals surface area contributed by atoms with Crippen LogP contribution in [0.2, 0.25) is 0 Å². The Morgan fingerprint density at radius 3 is 2.81 bits per heavy atom. The van der Waals surface area contributed by atoms with E-state index < -0.39 is 22.4 Å². The number of halogens is 1. The Morgan fingerprint density at radius 2 is 2.19 bits per heavy atom. The molecule has 0 unspecified atom stereocenters. The van der Waals surface area contributed by atoms with Gasteiger partial charge in [0.05, 0.1) is 17.8 Å². The number of benzene rings is 1. The minimum absolute atomic E-state index is 0.0371. The maximum Gasteiger partial charge on any atom is 0.240 e. The molecule has 0 saturated carbocycles. The summed E-state index contributed by atoms with van der Waals surface area (Å²) in [6.07, 6.45) is 4.91. The van der Waals surface area contributed by atoms with E-state index in [1.54, 1.807) is 23.3 Å². The fourth-order valence-corrected chi connectivity index (χ4v) is 3.04. The number of aryl methyl sites for hydroxylation is 1. The topological polar surface area (TPSA) is 84.2 Å². The van der Waals surface area contributed by atoms with Gasteiger partial charge in [-0.1, -0.05) is 0 Å². The van der Waals surface area contributed by atoms with Crippen molar-refractivity contribution in [2.75, 3.05) is 6.54 Å². The summed E-state index contributed by atoms with van der Waals surface area (Å²) in [6, 6.07) is 2.38. The van der Waals surface area contributed by atoms with E-state index in [9.17, 15) is 12.8 Å². The molecule has 0 spiro atoms. The zero-order chi connectivity index (χ0) is 15.5. The van der Waals surface area contributed by atoms with Crippen LogP contribution in [0, 0.1) is 12.7 Å². The normalized spacial score (nSPS) is 11.8. The van der Waals surface area contributed by atoms with Gasteiger partial charge < -0.3 is 9.67 Å². The van der Waals surface area contributed by atoms with Crippen molar-refractivity contribution in [3.8, 4) is 0 Å². The highest BCUT2D eigenvalue weighted by Gasteiger charge is 2.17. The molecule has 0 fully saturated rings. The van der Waals surface area contributed by atoms with Crippen molar-refractivity contribution < 1.29 is 17.9 Å². The first-order chi connectivity index (χ1) is 9.94. The standard InChI is InChI=1S/C13H16FN3O3S/c1-10-6-12(7-11(8-18)13(10)14)21(19,20)16-3-5-17-4-2-15-9-17/h2,4,6-7,9,16,18H,3,5,8H2,1H3. The number of aliphatic hydroxyl groups is 1. The molecule has 0 bridgehead atoms. The predicted octanol–water partition coefficient (Wildman–Crippen LogP) is 0.801. The quantitative estimate of drug-likeness (QED) is 0.826. The van der Waals surface area contributed by atoms with Gasteiger partial charge in [0, 0.05) is 31.0 Å². The molecule has 0 radical (unpaired) electrons. The second-order valence-corrected chi connectivity index (χ2v) is 6.34. The summed E-state index contributed by atoms with van der Waals surface area (Å²) in [5.74, 6) is -0.588. The zero-order valence-corrected chi connectivity index (χ0v) is 12.3. The van der Waals surface area contributed by atoms with Crippen LogP contribution < -0.4 is 4.72 Å². The van der Waals surface area contributed by atoms with Gasteiger partial charge >= 0.3 is 0 Å². The summed E-state index contributed by atoms with van der Waals surface area (Å²) < 4.78 is 42.1. The zero-order valence-electron chi connectivity index (χ0n) is 11.5. The third-order valence-electron chi connectivity index (χ3n) is 3.01. The van der Waals surface area contributed by atoms with Crippen LogP contribution in [0.15, 0.2) is 35.7 Å². The summed E-state index contributed by atoms with van der Waals surface area (Å²) in [7, 11) is -3.75. The molecule has 0 atom stereocenters. The van der Waals surface area contributed by atoms with E-state index >= 15 is 0 Å². The summed E-state index contributed by atoms with van der Waals surface area (Å²) in [5.41, 5.74) is 0.140. The van der Waals surface area contributed by atoms with Crippen molar-refractivity contribution in [3.63, 3.8) is 0 Å². The molecule has 2 N–H and O–H groups in total. The van der Waals surface area contributed by atoms with Crippen molar-refractivity contribution in [1.82, 2.24) is 14.3 Å². The van der Waals surface area contributed by atoms with Crippen LogP contribution in [0.3, 0.4) is 0 Å². The highest BCUT2D eigenvalue weighted by atomic mass is 32.2. The number of aromatic nitrogens is 2. The lowest BCUT2D eigenvalue weighted by atomic mass is 10.1. The van der Waals surface area contributed by atoms with Crippen LogP contribution in [-0.4, -0.2) is 29.6 Å². The first kappa shape index (κ1) is 15.6.